The summed E-state index contributed by atoms with van der Waals surface area (Å²) in [6, 6.07) is 23.9. The number of amides is 1. The average molecular weight is 458 g/mol. The predicted molar refractivity (Wildman–Crippen MR) is 136 cm³/mol. The second-order valence-corrected chi connectivity index (χ2v) is 8.34. The lowest BCUT2D eigenvalue weighted by molar-refractivity contribution is 0.0937. The maximum atomic E-state index is 13.1. The number of carbonyl (C=O) groups is 1. The summed E-state index contributed by atoms with van der Waals surface area (Å²) in [6.45, 7) is 1.51. The van der Waals surface area contributed by atoms with E-state index in [1.54, 1.807) is 7.11 Å². The smallest absolute Gasteiger partial charge is 0.287 e. The maximum absolute atomic E-state index is 13.1. The first-order valence-electron chi connectivity index (χ1n) is 11.5. The summed E-state index contributed by atoms with van der Waals surface area (Å²) >= 11 is 0. The van der Waals surface area contributed by atoms with Gasteiger partial charge in [0.05, 0.1) is 18.1 Å². The molecule has 3 aromatic carbocycles. The minimum absolute atomic E-state index is 0.138. The van der Waals surface area contributed by atoms with Crippen molar-refractivity contribution in [1.29, 1.82) is 0 Å². The topological polar surface area (TPSA) is 108 Å². The Morgan fingerprint density at radius 1 is 1.06 bits per heavy atom. The van der Waals surface area contributed by atoms with E-state index in [1.807, 2.05) is 71.3 Å². The highest BCUT2D eigenvalue weighted by atomic mass is 16.5. The molecule has 0 radical (unpaired) electrons. The molecule has 1 atom stereocenters. The summed E-state index contributed by atoms with van der Waals surface area (Å²) in [5.74, 6) is 0.943. The summed E-state index contributed by atoms with van der Waals surface area (Å²) in [5, 5.41) is 2.95. The van der Waals surface area contributed by atoms with Crippen LogP contribution < -0.4 is 21.5 Å². The lowest BCUT2D eigenvalue weighted by Crippen LogP contribution is -2.38. The number of ether oxygens (including phenoxy) is 1. The molecular weight excluding hydrogens is 426 g/mol. The van der Waals surface area contributed by atoms with Gasteiger partial charge in [-0.25, -0.2) is 4.98 Å². The number of benzene rings is 3. The van der Waals surface area contributed by atoms with E-state index in [-0.39, 0.29) is 11.9 Å². The highest BCUT2D eigenvalue weighted by Crippen LogP contribution is 2.27. The SMILES string of the molecule is COc1ccc(-c2ccc3c(c2)nc(C(=O)NCC(N)CCCN)n3Cc2ccccc2)cc1. The molecule has 0 fully saturated rings. The molecule has 0 saturated carbocycles. The van der Waals surface area contributed by atoms with Crippen molar-refractivity contribution in [2.75, 3.05) is 20.2 Å². The van der Waals surface area contributed by atoms with Crippen LogP contribution in [-0.2, 0) is 6.54 Å². The third kappa shape index (κ3) is 5.44. The van der Waals surface area contributed by atoms with Crippen LogP contribution in [0.1, 0.15) is 29.0 Å². The summed E-state index contributed by atoms with van der Waals surface area (Å²) in [6.07, 6.45) is 1.60. The van der Waals surface area contributed by atoms with Crippen molar-refractivity contribution >= 4 is 16.9 Å². The first-order valence-corrected chi connectivity index (χ1v) is 11.5. The van der Waals surface area contributed by atoms with E-state index in [1.165, 1.54) is 0 Å². The van der Waals surface area contributed by atoms with Crippen molar-refractivity contribution in [2.45, 2.75) is 25.4 Å². The van der Waals surface area contributed by atoms with Gasteiger partial charge in [0.15, 0.2) is 5.82 Å². The molecule has 176 valence electrons. The Bertz CT molecular complexity index is 1240. The number of hydrogen-bond donors (Lipinski definition) is 3. The Hall–Kier alpha value is -3.68. The van der Waals surface area contributed by atoms with Crippen molar-refractivity contribution in [3.8, 4) is 16.9 Å². The van der Waals surface area contributed by atoms with Gasteiger partial charge in [-0.15, -0.1) is 0 Å². The quantitative estimate of drug-likeness (QED) is 0.337. The Morgan fingerprint density at radius 3 is 2.50 bits per heavy atom. The maximum Gasteiger partial charge on any atom is 0.287 e. The van der Waals surface area contributed by atoms with Crippen molar-refractivity contribution in [1.82, 2.24) is 14.9 Å². The molecule has 4 rings (SSSR count). The minimum Gasteiger partial charge on any atom is -0.497 e. The van der Waals surface area contributed by atoms with E-state index < -0.39 is 0 Å². The van der Waals surface area contributed by atoms with Crippen molar-refractivity contribution in [3.05, 3.63) is 84.2 Å². The zero-order valence-corrected chi connectivity index (χ0v) is 19.4. The van der Waals surface area contributed by atoms with Gasteiger partial charge in [0.2, 0.25) is 0 Å². The molecule has 7 nitrogen and oxygen atoms in total. The highest BCUT2D eigenvalue weighted by Gasteiger charge is 2.19. The van der Waals surface area contributed by atoms with Crippen LogP contribution in [0.5, 0.6) is 5.75 Å². The highest BCUT2D eigenvalue weighted by molar-refractivity contribution is 5.95. The molecule has 1 heterocycles. The van der Waals surface area contributed by atoms with Gasteiger partial charge in [-0.1, -0.05) is 48.5 Å². The zero-order chi connectivity index (χ0) is 23.9. The molecule has 1 aromatic heterocycles. The normalized spacial score (nSPS) is 12.0. The Kier molecular flexibility index (Phi) is 7.57. The lowest BCUT2D eigenvalue weighted by Gasteiger charge is -2.13. The van der Waals surface area contributed by atoms with E-state index in [0.29, 0.717) is 25.5 Å². The van der Waals surface area contributed by atoms with E-state index in [0.717, 1.165) is 46.3 Å². The lowest BCUT2D eigenvalue weighted by atomic mass is 10.0. The molecule has 0 spiro atoms. The van der Waals surface area contributed by atoms with Crippen LogP contribution in [0.4, 0.5) is 0 Å². The van der Waals surface area contributed by atoms with Gasteiger partial charge in [-0.2, -0.15) is 0 Å². The molecule has 4 aromatic rings. The number of nitrogens with one attached hydrogen (secondary N) is 1. The Balaban J connectivity index is 1.67. The first-order chi connectivity index (χ1) is 16.6. The molecular formula is C27H31N5O2. The van der Waals surface area contributed by atoms with Gasteiger partial charge >= 0.3 is 0 Å². The van der Waals surface area contributed by atoms with Crippen molar-refractivity contribution < 1.29 is 9.53 Å². The van der Waals surface area contributed by atoms with Gasteiger partial charge in [0, 0.05) is 19.1 Å². The molecule has 1 amide bonds. The minimum atomic E-state index is -0.235. The van der Waals surface area contributed by atoms with Crippen LogP contribution in [0.3, 0.4) is 0 Å². The van der Waals surface area contributed by atoms with Gasteiger partial charge in [-0.3, -0.25) is 4.79 Å². The Labute approximate surface area is 199 Å². The number of fused-ring (bicyclic) bond motifs is 1. The predicted octanol–water partition coefficient (Wildman–Crippen LogP) is 3.56. The Morgan fingerprint density at radius 2 is 1.79 bits per heavy atom. The molecule has 7 heteroatoms. The second kappa shape index (κ2) is 11.0. The number of nitrogens with zero attached hydrogens (tertiary/aromatic N) is 2. The van der Waals surface area contributed by atoms with Crippen LogP contribution in [0, 0.1) is 0 Å². The number of imidazole rings is 1. The van der Waals surface area contributed by atoms with Crippen molar-refractivity contribution in [2.24, 2.45) is 11.5 Å². The summed E-state index contributed by atoms with van der Waals surface area (Å²) in [7, 11) is 1.65. The summed E-state index contributed by atoms with van der Waals surface area (Å²) < 4.78 is 7.22. The van der Waals surface area contributed by atoms with E-state index >= 15 is 0 Å². The number of methoxy groups -OCH3 is 1. The fourth-order valence-electron chi connectivity index (χ4n) is 3.98. The fourth-order valence-corrected chi connectivity index (χ4v) is 3.98. The first kappa shape index (κ1) is 23.5. The van der Waals surface area contributed by atoms with Gasteiger partial charge < -0.3 is 26.1 Å². The third-order valence-corrected chi connectivity index (χ3v) is 5.86. The number of rotatable bonds is 10. The standard InChI is InChI=1S/C27H31N5O2/c1-34-23-12-9-20(10-13-23)21-11-14-25-24(16-21)31-26(27(33)30-17-22(29)8-5-15-28)32(25)18-19-6-3-2-4-7-19/h2-4,6-7,9-14,16,22H,5,8,15,17-18,28-29H2,1H3,(H,30,33). The van der Waals surface area contributed by atoms with Crippen LogP contribution in [0.15, 0.2) is 72.8 Å². The summed E-state index contributed by atoms with van der Waals surface area (Å²) in [4.78, 5) is 17.9. The summed E-state index contributed by atoms with van der Waals surface area (Å²) in [5.41, 5.74) is 16.5. The molecule has 0 aliphatic heterocycles. The zero-order valence-electron chi connectivity index (χ0n) is 19.4. The van der Waals surface area contributed by atoms with E-state index in [2.05, 4.69) is 11.4 Å². The number of nitrogens with two attached hydrogens (primary N) is 2. The largest absolute Gasteiger partial charge is 0.497 e. The molecule has 34 heavy (non-hydrogen) atoms. The number of carbonyl (C=O) groups excluding carboxylic acids is 1. The van der Waals surface area contributed by atoms with Crippen LogP contribution in [-0.4, -0.2) is 41.7 Å². The molecule has 1 unspecified atom stereocenters. The second-order valence-electron chi connectivity index (χ2n) is 8.34. The van der Waals surface area contributed by atoms with E-state index in [9.17, 15) is 4.79 Å². The monoisotopic (exact) mass is 457 g/mol. The molecule has 5 N–H and O–H groups in total. The molecule has 0 bridgehead atoms. The average Bonchev–Trinajstić information content (AvgIpc) is 3.24. The van der Waals surface area contributed by atoms with Gasteiger partial charge in [-0.05, 0) is 60.3 Å². The number of aromatic nitrogens is 2. The number of hydrogen-bond acceptors (Lipinski definition) is 5. The van der Waals surface area contributed by atoms with Crippen molar-refractivity contribution in [3.63, 3.8) is 0 Å². The fraction of sp³-hybridized carbons (Fsp3) is 0.259. The molecule has 0 aliphatic rings. The van der Waals surface area contributed by atoms with Crippen LogP contribution >= 0.6 is 0 Å². The van der Waals surface area contributed by atoms with Gasteiger partial charge in [0.25, 0.3) is 5.91 Å². The van der Waals surface area contributed by atoms with Crippen LogP contribution in [0.25, 0.3) is 22.2 Å². The molecule has 0 aliphatic carbocycles. The third-order valence-electron chi connectivity index (χ3n) is 5.86. The molecule has 0 saturated heterocycles. The van der Waals surface area contributed by atoms with Gasteiger partial charge in [0.1, 0.15) is 5.75 Å². The van der Waals surface area contributed by atoms with E-state index in [4.69, 9.17) is 21.2 Å². The van der Waals surface area contributed by atoms with Crippen LogP contribution in [0.2, 0.25) is 0 Å².